The maximum Gasteiger partial charge on any atom is 0.137 e. The zero-order valence-electron chi connectivity index (χ0n) is 29.1. The molecule has 0 aliphatic heterocycles. The van der Waals surface area contributed by atoms with E-state index >= 15 is 0 Å². The predicted octanol–water partition coefficient (Wildman–Crippen LogP) is 11.5. The number of nitrogens with zero attached hydrogens (tertiary/aromatic N) is 4. The maximum atomic E-state index is 6.54. The number of benzene rings is 4. The lowest BCUT2D eigenvalue weighted by Gasteiger charge is -2.25. The van der Waals surface area contributed by atoms with E-state index in [1.165, 1.54) is 49.7 Å². The van der Waals surface area contributed by atoms with E-state index < -0.39 is 0 Å². The smallest absolute Gasteiger partial charge is 0.137 e. The van der Waals surface area contributed by atoms with Gasteiger partial charge in [-0.1, -0.05) is 71.9 Å². The monoisotopic (exact) mass is 632 g/mol. The Hall–Kier alpha value is -5.16. The molecular formula is C43H44N4O. The van der Waals surface area contributed by atoms with Crippen molar-refractivity contribution in [2.24, 2.45) is 0 Å². The Morgan fingerprint density at radius 1 is 0.708 bits per heavy atom. The van der Waals surface area contributed by atoms with Gasteiger partial charge in [0.05, 0.1) is 22.9 Å². The van der Waals surface area contributed by atoms with Crippen LogP contribution in [-0.2, 0) is 12.8 Å². The second-order valence-electron chi connectivity index (χ2n) is 13.4. The summed E-state index contributed by atoms with van der Waals surface area (Å²) in [6, 6.07) is 29.6. The third kappa shape index (κ3) is 5.57. The minimum atomic E-state index is 0.413. The molecule has 0 fully saturated rings. The van der Waals surface area contributed by atoms with E-state index in [1.807, 2.05) is 41.3 Å². The standard InChI is InChI=1S/C43H44N4O/c1-8-30-22-31(9-2)42(28(5)6)43(41(30)27(3)4)32-25-45-46(26-32)33-13-12-14-34(23-33)48-35-17-18-37-36-15-10-11-16-38(36)47(39(37)24-35)40-21-29(7)19-20-44-40/h10-28H,8-9H2,1-7H3. The summed E-state index contributed by atoms with van der Waals surface area (Å²) in [5, 5.41) is 7.25. The van der Waals surface area contributed by atoms with E-state index in [2.05, 4.69) is 120 Å². The molecular weight excluding hydrogens is 589 g/mol. The van der Waals surface area contributed by atoms with Crippen LogP contribution < -0.4 is 4.74 Å². The third-order valence-electron chi connectivity index (χ3n) is 9.46. The lowest BCUT2D eigenvalue weighted by atomic mass is 9.79. The molecule has 5 nitrogen and oxygen atoms in total. The first-order chi connectivity index (χ1) is 23.3. The second-order valence-corrected chi connectivity index (χ2v) is 13.4. The number of aromatic nitrogens is 4. The van der Waals surface area contributed by atoms with Crippen molar-refractivity contribution in [2.45, 2.75) is 73.1 Å². The number of aryl methyl sites for hydroxylation is 3. The third-order valence-corrected chi connectivity index (χ3v) is 9.46. The Kier molecular flexibility index (Phi) is 8.38. The number of para-hydroxylation sites is 1. The van der Waals surface area contributed by atoms with E-state index in [0.29, 0.717) is 11.8 Å². The van der Waals surface area contributed by atoms with Crippen LogP contribution in [0, 0.1) is 6.92 Å². The Bertz CT molecular complexity index is 2230. The highest BCUT2D eigenvalue weighted by atomic mass is 16.5. The summed E-state index contributed by atoms with van der Waals surface area (Å²) in [5.41, 5.74) is 12.6. The molecule has 0 unspecified atom stereocenters. The molecule has 242 valence electrons. The van der Waals surface area contributed by atoms with Crippen molar-refractivity contribution in [2.75, 3.05) is 0 Å². The number of rotatable bonds is 9. The van der Waals surface area contributed by atoms with Crippen LogP contribution in [0.15, 0.2) is 104 Å². The molecule has 0 saturated heterocycles. The van der Waals surface area contributed by atoms with Gasteiger partial charge in [0, 0.05) is 40.9 Å². The Balaban J connectivity index is 1.27. The van der Waals surface area contributed by atoms with Crippen LogP contribution in [-0.4, -0.2) is 19.3 Å². The molecule has 4 aromatic carbocycles. The topological polar surface area (TPSA) is 44.9 Å². The van der Waals surface area contributed by atoms with Crippen molar-refractivity contribution in [3.8, 4) is 34.1 Å². The van der Waals surface area contributed by atoms with Gasteiger partial charge in [0.25, 0.3) is 0 Å². The zero-order valence-corrected chi connectivity index (χ0v) is 29.1. The van der Waals surface area contributed by atoms with E-state index in [0.717, 1.165) is 46.9 Å². The highest BCUT2D eigenvalue weighted by Gasteiger charge is 2.23. The highest BCUT2D eigenvalue weighted by Crippen LogP contribution is 2.41. The number of pyridine rings is 1. The largest absolute Gasteiger partial charge is 0.457 e. The average Bonchev–Trinajstić information content (AvgIpc) is 3.70. The van der Waals surface area contributed by atoms with Crippen LogP contribution in [0.4, 0.5) is 0 Å². The van der Waals surface area contributed by atoms with Gasteiger partial charge < -0.3 is 4.74 Å². The first kappa shape index (κ1) is 31.4. The number of ether oxygens (including phenoxy) is 1. The Labute approximate surface area is 283 Å². The molecule has 0 atom stereocenters. The normalized spacial score (nSPS) is 11.8. The summed E-state index contributed by atoms with van der Waals surface area (Å²) in [6.45, 7) is 15.9. The number of fused-ring (bicyclic) bond motifs is 3. The molecule has 0 aliphatic rings. The molecule has 7 aromatic rings. The van der Waals surface area contributed by atoms with E-state index in [1.54, 1.807) is 0 Å². The minimum absolute atomic E-state index is 0.413. The maximum absolute atomic E-state index is 6.54. The van der Waals surface area contributed by atoms with Crippen molar-refractivity contribution in [3.63, 3.8) is 0 Å². The summed E-state index contributed by atoms with van der Waals surface area (Å²) in [5.74, 6) is 3.25. The number of hydrogen-bond acceptors (Lipinski definition) is 3. The lowest BCUT2D eigenvalue weighted by molar-refractivity contribution is 0.483. The van der Waals surface area contributed by atoms with Gasteiger partial charge in [-0.2, -0.15) is 5.10 Å². The molecule has 0 amide bonds. The van der Waals surface area contributed by atoms with E-state index in [4.69, 9.17) is 14.8 Å². The highest BCUT2D eigenvalue weighted by molar-refractivity contribution is 6.09. The fourth-order valence-corrected chi connectivity index (χ4v) is 7.37. The van der Waals surface area contributed by atoms with Gasteiger partial charge in [-0.05, 0) is 107 Å². The van der Waals surface area contributed by atoms with Gasteiger partial charge in [0.1, 0.15) is 17.3 Å². The first-order valence-electron chi connectivity index (χ1n) is 17.2. The quantitative estimate of drug-likeness (QED) is 0.159. The first-order valence-corrected chi connectivity index (χ1v) is 17.2. The number of hydrogen-bond donors (Lipinski definition) is 0. The van der Waals surface area contributed by atoms with Gasteiger partial charge in [-0.15, -0.1) is 0 Å². The van der Waals surface area contributed by atoms with Gasteiger partial charge in [0.2, 0.25) is 0 Å². The van der Waals surface area contributed by atoms with E-state index in [-0.39, 0.29) is 0 Å². The second kappa shape index (κ2) is 12.8. The molecule has 3 heterocycles. The molecule has 3 aromatic heterocycles. The SMILES string of the molecule is CCc1cc(CC)c(C(C)C)c(-c2cnn(-c3cccc(Oc4ccc5c6ccccc6n(-c6cc(C)ccn6)c5c4)c3)c2)c1C(C)C. The van der Waals surface area contributed by atoms with Crippen molar-refractivity contribution in [1.82, 2.24) is 19.3 Å². The fourth-order valence-electron chi connectivity index (χ4n) is 7.37. The molecule has 48 heavy (non-hydrogen) atoms. The van der Waals surface area contributed by atoms with Crippen molar-refractivity contribution >= 4 is 21.8 Å². The van der Waals surface area contributed by atoms with Crippen LogP contribution in [0.2, 0.25) is 0 Å². The molecule has 7 rings (SSSR count). The van der Waals surface area contributed by atoms with Gasteiger partial charge >= 0.3 is 0 Å². The van der Waals surface area contributed by atoms with Crippen molar-refractivity contribution in [1.29, 1.82) is 0 Å². The van der Waals surface area contributed by atoms with Crippen LogP contribution >= 0.6 is 0 Å². The summed E-state index contributed by atoms with van der Waals surface area (Å²) in [4.78, 5) is 4.73. The van der Waals surface area contributed by atoms with Gasteiger partial charge in [-0.3, -0.25) is 4.57 Å². The molecule has 0 aliphatic carbocycles. The summed E-state index contributed by atoms with van der Waals surface area (Å²) < 4.78 is 10.7. The summed E-state index contributed by atoms with van der Waals surface area (Å²) in [7, 11) is 0. The summed E-state index contributed by atoms with van der Waals surface area (Å²) >= 11 is 0. The van der Waals surface area contributed by atoms with Gasteiger partial charge in [0.15, 0.2) is 0 Å². The molecule has 0 N–H and O–H groups in total. The Morgan fingerprint density at radius 3 is 2.12 bits per heavy atom. The van der Waals surface area contributed by atoms with E-state index in [9.17, 15) is 0 Å². The van der Waals surface area contributed by atoms with Crippen LogP contribution in [0.25, 0.3) is 44.4 Å². The van der Waals surface area contributed by atoms with Crippen molar-refractivity contribution < 1.29 is 4.74 Å². The lowest BCUT2D eigenvalue weighted by Crippen LogP contribution is -2.08. The minimum Gasteiger partial charge on any atom is -0.457 e. The van der Waals surface area contributed by atoms with Crippen molar-refractivity contribution in [3.05, 3.63) is 131 Å². The molecule has 0 bridgehead atoms. The zero-order chi connectivity index (χ0) is 33.5. The summed E-state index contributed by atoms with van der Waals surface area (Å²) in [6.07, 6.45) is 8.13. The van der Waals surface area contributed by atoms with Crippen LogP contribution in [0.5, 0.6) is 11.5 Å². The Morgan fingerprint density at radius 2 is 1.42 bits per heavy atom. The molecule has 0 saturated carbocycles. The van der Waals surface area contributed by atoms with Crippen LogP contribution in [0.1, 0.15) is 81.2 Å². The molecule has 5 heteroatoms. The predicted molar refractivity (Wildman–Crippen MR) is 199 cm³/mol. The molecule has 0 spiro atoms. The van der Waals surface area contributed by atoms with Crippen LogP contribution in [0.3, 0.4) is 0 Å². The molecule has 0 radical (unpaired) electrons. The van der Waals surface area contributed by atoms with Gasteiger partial charge in [-0.25, -0.2) is 9.67 Å². The average molecular weight is 633 g/mol. The fraction of sp³-hybridized carbons (Fsp3) is 0.256.